The highest BCUT2D eigenvalue weighted by Crippen LogP contribution is 2.25. The Morgan fingerprint density at radius 1 is 1.30 bits per heavy atom. The lowest BCUT2D eigenvalue weighted by molar-refractivity contribution is -0.181. The minimum absolute atomic E-state index is 0.409. The number of piperazine rings is 1. The van der Waals surface area contributed by atoms with Gasteiger partial charge in [-0.15, -0.1) is 0 Å². The fourth-order valence-corrected chi connectivity index (χ4v) is 3.16. The molecule has 0 saturated carbocycles. The molecule has 23 heavy (non-hydrogen) atoms. The lowest BCUT2D eigenvalue weighted by Crippen LogP contribution is -2.56. The average Bonchev–Trinajstić information content (AvgIpc) is 3.03. The second-order valence-corrected chi connectivity index (χ2v) is 6.22. The van der Waals surface area contributed by atoms with Crippen LogP contribution in [-0.2, 0) is 0 Å². The summed E-state index contributed by atoms with van der Waals surface area (Å²) in [6.07, 6.45) is 2.80. The van der Waals surface area contributed by atoms with Crippen LogP contribution in [0.5, 0.6) is 0 Å². The molecule has 2 rings (SSSR count). The van der Waals surface area contributed by atoms with Gasteiger partial charge in [0, 0.05) is 39.8 Å². The maximum Gasteiger partial charge on any atom is 0.403 e. The highest BCUT2D eigenvalue weighted by atomic mass is 19.4. The number of hydrogen-bond donors (Lipinski definition) is 1. The largest absolute Gasteiger partial charge is 0.403 e. The molecule has 2 aliphatic rings. The van der Waals surface area contributed by atoms with Gasteiger partial charge in [0.2, 0.25) is 0 Å². The van der Waals surface area contributed by atoms with Crippen LogP contribution in [0.2, 0.25) is 0 Å². The van der Waals surface area contributed by atoms with E-state index < -0.39 is 12.2 Å². The molecule has 4 nitrogen and oxygen atoms in total. The minimum atomic E-state index is -4.16. The van der Waals surface area contributed by atoms with Crippen molar-refractivity contribution < 1.29 is 13.2 Å². The van der Waals surface area contributed by atoms with E-state index in [0.29, 0.717) is 26.2 Å². The summed E-state index contributed by atoms with van der Waals surface area (Å²) in [6.45, 7) is 4.03. The standard InChI is InChI=1S/C16H27F3N4/c1-13(16(17,18)19)22-9-11-23(12-10-22)15(20-2)21-8-7-14-5-3-4-6-14/h5,13H,3-4,6-12H2,1-2H3,(H,20,21). The second kappa shape index (κ2) is 8.04. The quantitative estimate of drug-likeness (QED) is 0.488. The zero-order valence-corrected chi connectivity index (χ0v) is 14.0. The van der Waals surface area contributed by atoms with Gasteiger partial charge in [-0.2, -0.15) is 13.2 Å². The molecule has 0 aromatic rings. The Kier molecular flexibility index (Phi) is 6.33. The lowest BCUT2D eigenvalue weighted by atomic mass is 10.2. The molecule has 0 aromatic heterocycles. The number of nitrogens with one attached hydrogen (secondary N) is 1. The van der Waals surface area contributed by atoms with Crippen LogP contribution in [0, 0.1) is 0 Å². The number of guanidine groups is 1. The van der Waals surface area contributed by atoms with E-state index in [9.17, 15) is 13.2 Å². The maximum atomic E-state index is 12.8. The van der Waals surface area contributed by atoms with E-state index in [-0.39, 0.29) is 0 Å². The van der Waals surface area contributed by atoms with E-state index in [0.717, 1.165) is 18.9 Å². The van der Waals surface area contributed by atoms with Crippen molar-refractivity contribution >= 4 is 5.96 Å². The first-order valence-electron chi connectivity index (χ1n) is 8.36. The van der Waals surface area contributed by atoms with E-state index in [4.69, 9.17) is 0 Å². The number of allylic oxidation sites excluding steroid dienone is 1. The van der Waals surface area contributed by atoms with Crippen LogP contribution in [0.15, 0.2) is 16.6 Å². The molecule has 1 N–H and O–H groups in total. The van der Waals surface area contributed by atoms with Crippen LogP contribution in [0.3, 0.4) is 0 Å². The molecule has 0 bridgehead atoms. The molecule has 1 heterocycles. The molecule has 1 aliphatic carbocycles. The van der Waals surface area contributed by atoms with Gasteiger partial charge in [0.1, 0.15) is 6.04 Å². The molecular weight excluding hydrogens is 305 g/mol. The van der Waals surface area contributed by atoms with Crippen molar-refractivity contribution in [2.45, 2.75) is 44.8 Å². The van der Waals surface area contributed by atoms with Gasteiger partial charge in [-0.05, 0) is 32.6 Å². The number of rotatable bonds is 4. The Labute approximate surface area is 136 Å². The van der Waals surface area contributed by atoms with Crippen LogP contribution < -0.4 is 5.32 Å². The SMILES string of the molecule is CN=C(NCCC1=CCCC1)N1CCN(C(C)C(F)(F)F)CC1. The normalized spacial score (nSPS) is 22.2. The van der Waals surface area contributed by atoms with Crippen molar-refractivity contribution in [3.63, 3.8) is 0 Å². The van der Waals surface area contributed by atoms with Crippen molar-refractivity contribution in [3.05, 3.63) is 11.6 Å². The zero-order chi connectivity index (χ0) is 16.9. The predicted octanol–water partition coefficient (Wildman–Crippen LogP) is 2.63. The molecule has 1 aliphatic heterocycles. The first-order valence-corrected chi connectivity index (χ1v) is 8.36. The predicted molar refractivity (Wildman–Crippen MR) is 86.6 cm³/mol. The number of hydrogen-bond acceptors (Lipinski definition) is 2. The second-order valence-electron chi connectivity index (χ2n) is 6.22. The number of halogens is 3. The van der Waals surface area contributed by atoms with Crippen molar-refractivity contribution in [1.82, 2.24) is 15.1 Å². The van der Waals surface area contributed by atoms with Gasteiger partial charge in [-0.25, -0.2) is 0 Å². The van der Waals surface area contributed by atoms with Crippen LogP contribution >= 0.6 is 0 Å². The smallest absolute Gasteiger partial charge is 0.356 e. The lowest BCUT2D eigenvalue weighted by Gasteiger charge is -2.39. The summed E-state index contributed by atoms with van der Waals surface area (Å²) in [5.41, 5.74) is 1.50. The Morgan fingerprint density at radius 2 is 2.00 bits per heavy atom. The number of alkyl halides is 3. The molecule has 1 fully saturated rings. The molecule has 0 amide bonds. The molecule has 0 aromatic carbocycles. The van der Waals surface area contributed by atoms with E-state index in [1.807, 2.05) is 4.90 Å². The first kappa shape index (κ1) is 18.1. The number of aliphatic imine (C=N–C) groups is 1. The Hall–Kier alpha value is -1.24. The van der Waals surface area contributed by atoms with Crippen molar-refractivity contribution in [2.24, 2.45) is 4.99 Å². The summed E-state index contributed by atoms with van der Waals surface area (Å²) in [7, 11) is 1.72. The summed E-state index contributed by atoms with van der Waals surface area (Å²) >= 11 is 0. The van der Waals surface area contributed by atoms with Crippen LogP contribution in [0.1, 0.15) is 32.6 Å². The molecule has 0 radical (unpaired) electrons. The molecule has 1 saturated heterocycles. The summed E-state index contributed by atoms with van der Waals surface area (Å²) in [6, 6.07) is -1.38. The van der Waals surface area contributed by atoms with E-state index in [1.165, 1.54) is 36.7 Å². The topological polar surface area (TPSA) is 30.9 Å². The molecule has 0 spiro atoms. The van der Waals surface area contributed by atoms with Gasteiger partial charge in [-0.1, -0.05) is 11.6 Å². The van der Waals surface area contributed by atoms with Gasteiger partial charge in [0.15, 0.2) is 5.96 Å². The highest BCUT2D eigenvalue weighted by molar-refractivity contribution is 5.80. The van der Waals surface area contributed by atoms with Crippen LogP contribution in [0.4, 0.5) is 13.2 Å². The molecule has 1 atom stereocenters. The molecule has 132 valence electrons. The minimum Gasteiger partial charge on any atom is -0.356 e. The van der Waals surface area contributed by atoms with Crippen LogP contribution in [0.25, 0.3) is 0 Å². The van der Waals surface area contributed by atoms with E-state index >= 15 is 0 Å². The molecular formula is C16H27F3N4. The van der Waals surface area contributed by atoms with Gasteiger partial charge in [-0.3, -0.25) is 9.89 Å². The monoisotopic (exact) mass is 332 g/mol. The fraction of sp³-hybridized carbons (Fsp3) is 0.812. The van der Waals surface area contributed by atoms with Gasteiger partial charge in [0.05, 0.1) is 0 Å². The van der Waals surface area contributed by atoms with Crippen molar-refractivity contribution in [3.8, 4) is 0 Å². The van der Waals surface area contributed by atoms with Crippen LogP contribution in [-0.4, -0.2) is 67.7 Å². The average molecular weight is 332 g/mol. The van der Waals surface area contributed by atoms with Gasteiger partial charge >= 0.3 is 6.18 Å². The fourth-order valence-electron chi connectivity index (χ4n) is 3.16. The number of nitrogens with zero attached hydrogens (tertiary/aromatic N) is 3. The van der Waals surface area contributed by atoms with Gasteiger partial charge < -0.3 is 10.2 Å². The Balaban J connectivity index is 1.76. The highest BCUT2D eigenvalue weighted by Gasteiger charge is 2.41. The first-order chi connectivity index (χ1) is 10.9. The summed E-state index contributed by atoms with van der Waals surface area (Å²) in [5.74, 6) is 0.794. The van der Waals surface area contributed by atoms with Gasteiger partial charge in [0.25, 0.3) is 0 Å². The summed E-state index contributed by atoms with van der Waals surface area (Å²) in [4.78, 5) is 7.80. The van der Waals surface area contributed by atoms with Crippen molar-refractivity contribution in [2.75, 3.05) is 39.8 Å². The summed E-state index contributed by atoms with van der Waals surface area (Å²) < 4.78 is 38.3. The third-order valence-corrected chi connectivity index (χ3v) is 4.71. The molecule has 7 heteroatoms. The Bertz CT molecular complexity index is 437. The summed E-state index contributed by atoms with van der Waals surface area (Å²) in [5, 5.41) is 3.33. The third-order valence-electron chi connectivity index (χ3n) is 4.71. The van der Waals surface area contributed by atoms with E-state index in [2.05, 4.69) is 16.4 Å². The molecule has 1 unspecified atom stereocenters. The van der Waals surface area contributed by atoms with E-state index in [1.54, 1.807) is 7.05 Å². The third kappa shape index (κ3) is 5.12. The maximum absolute atomic E-state index is 12.8. The van der Waals surface area contributed by atoms with Crippen molar-refractivity contribution in [1.29, 1.82) is 0 Å². The zero-order valence-electron chi connectivity index (χ0n) is 14.0. The Morgan fingerprint density at radius 3 is 2.52 bits per heavy atom.